The van der Waals surface area contributed by atoms with Crippen LogP contribution >= 0.6 is 0 Å². The second-order valence-electron chi connectivity index (χ2n) is 9.69. The molecule has 2 fully saturated rings. The Morgan fingerprint density at radius 2 is 0.841 bits per heavy atom. The van der Waals surface area contributed by atoms with E-state index in [4.69, 9.17) is 47.4 Å². The minimum atomic E-state index is -1.90. The summed E-state index contributed by atoms with van der Waals surface area (Å²) in [4.78, 5) is 83.0. The number of carbonyl (C=O) groups excluding carboxylic acids is 7. The second kappa shape index (κ2) is 16.3. The number of hydrogen-bond donors (Lipinski definition) is 1. The maximum Gasteiger partial charge on any atom is 0.303 e. The SMILES string of the molecule is CC(=O)OC[C@H]1O[C@H](OC[C@H]2O[C@@H](O)[C@H](OC(C)=O)[C@@H](OC(C)=O)[C@@H]2OC(C)=O)[C@H](OC(C)=O)[C@@H](OC(C)=O)[C@H]1OC(C)=O. The third-order valence-electron chi connectivity index (χ3n) is 5.89. The lowest BCUT2D eigenvalue weighted by molar-refractivity contribution is -0.330. The second-order valence-corrected chi connectivity index (χ2v) is 9.69. The molecule has 0 spiro atoms. The Morgan fingerprint density at radius 3 is 1.27 bits per heavy atom. The van der Waals surface area contributed by atoms with Crippen molar-refractivity contribution in [1.82, 2.24) is 0 Å². The lowest BCUT2D eigenvalue weighted by Gasteiger charge is -2.45. The molecule has 2 saturated heterocycles. The number of aliphatic hydroxyl groups excluding tert-OH is 1. The quantitative estimate of drug-likeness (QED) is 0.203. The average molecular weight is 637 g/mol. The molecule has 2 rings (SSSR count). The topological polar surface area (TPSA) is 232 Å². The van der Waals surface area contributed by atoms with Gasteiger partial charge in [0, 0.05) is 48.5 Å². The van der Waals surface area contributed by atoms with Gasteiger partial charge in [0.1, 0.15) is 18.8 Å². The van der Waals surface area contributed by atoms with E-state index in [9.17, 15) is 38.7 Å². The fourth-order valence-corrected chi connectivity index (χ4v) is 4.52. The van der Waals surface area contributed by atoms with Crippen molar-refractivity contribution in [3.63, 3.8) is 0 Å². The van der Waals surface area contributed by atoms with Crippen LogP contribution in [-0.2, 0) is 80.9 Å². The van der Waals surface area contributed by atoms with Crippen LogP contribution in [0, 0.1) is 0 Å². The van der Waals surface area contributed by atoms with Gasteiger partial charge >= 0.3 is 41.8 Å². The maximum absolute atomic E-state index is 12.1. The van der Waals surface area contributed by atoms with E-state index in [2.05, 4.69) is 0 Å². The van der Waals surface area contributed by atoms with Crippen LogP contribution < -0.4 is 0 Å². The largest absolute Gasteiger partial charge is 0.463 e. The molecule has 18 nitrogen and oxygen atoms in total. The molecule has 0 bridgehead atoms. The summed E-state index contributed by atoms with van der Waals surface area (Å²) >= 11 is 0. The zero-order valence-corrected chi connectivity index (χ0v) is 25.1. The van der Waals surface area contributed by atoms with Crippen LogP contribution in [-0.4, -0.2) is 122 Å². The summed E-state index contributed by atoms with van der Waals surface area (Å²) in [7, 11) is 0. The van der Waals surface area contributed by atoms with Gasteiger partial charge in [0.05, 0.1) is 6.61 Å². The van der Waals surface area contributed by atoms with Crippen LogP contribution in [0.5, 0.6) is 0 Å². The smallest absolute Gasteiger partial charge is 0.303 e. The minimum absolute atomic E-state index is 0.523. The van der Waals surface area contributed by atoms with Crippen molar-refractivity contribution >= 4 is 41.8 Å². The van der Waals surface area contributed by atoms with Gasteiger partial charge in [-0.1, -0.05) is 0 Å². The summed E-state index contributed by atoms with van der Waals surface area (Å²) in [5, 5.41) is 10.6. The maximum atomic E-state index is 12.1. The molecule has 0 saturated carbocycles. The molecular weight excluding hydrogens is 600 g/mol. The average Bonchev–Trinajstić information content (AvgIpc) is 2.87. The van der Waals surface area contributed by atoms with E-state index in [1.807, 2.05) is 0 Å². The Balaban J connectivity index is 2.48. The van der Waals surface area contributed by atoms with Gasteiger partial charge < -0.3 is 52.5 Å². The van der Waals surface area contributed by atoms with Gasteiger partial charge in [-0.25, -0.2) is 0 Å². The van der Waals surface area contributed by atoms with Gasteiger partial charge in [-0.3, -0.25) is 33.6 Å². The van der Waals surface area contributed by atoms with E-state index >= 15 is 0 Å². The lowest BCUT2D eigenvalue weighted by Crippen LogP contribution is -2.64. The molecular formula is C26H36O18. The molecule has 2 aliphatic rings. The number of ether oxygens (including phenoxy) is 10. The Labute approximate surface area is 251 Å². The van der Waals surface area contributed by atoms with Crippen molar-refractivity contribution in [2.24, 2.45) is 0 Å². The third-order valence-corrected chi connectivity index (χ3v) is 5.89. The highest BCUT2D eigenvalue weighted by molar-refractivity contribution is 5.69. The van der Waals surface area contributed by atoms with Crippen LogP contribution in [0.1, 0.15) is 48.5 Å². The van der Waals surface area contributed by atoms with Gasteiger partial charge in [0.25, 0.3) is 0 Å². The summed E-state index contributed by atoms with van der Waals surface area (Å²) in [5.41, 5.74) is 0. The van der Waals surface area contributed by atoms with E-state index in [-0.39, 0.29) is 0 Å². The summed E-state index contributed by atoms with van der Waals surface area (Å²) in [6.45, 7) is 6.15. The highest BCUT2D eigenvalue weighted by Crippen LogP contribution is 2.32. The fourth-order valence-electron chi connectivity index (χ4n) is 4.52. The predicted molar refractivity (Wildman–Crippen MR) is 135 cm³/mol. The monoisotopic (exact) mass is 636 g/mol. The third kappa shape index (κ3) is 10.7. The fraction of sp³-hybridized carbons (Fsp3) is 0.731. The molecule has 0 aliphatic carbocycles. The molecule has 1 N–H and O–H groups in total. The van der Waals surface area contributed by atoms with Crippen LogP contribution in [0.3, 0.4) is 0 Å². The van der Waals surface area contributed by atoms with E-state index in [0.29, 0.717) is 0 Å². The number of aliphatic hydroxyl groups is 1. The summed E-state index contributed by atoms with van der Waals surface area (Å²) in [6.07, 6.45) is -15.6. The number of rotatable bonds is 11. The van der Waals surface area contributed by atoms with Crippen molar-refractivity contribution in [3.05, 3.63) is 0 Å². The molecule has 0 aromatic rings. The number of carbonyl (C=O) groups is 7. The number of hydrogen-bond acceptors (Lipinski definition) is 18. The van der Waals surface area contributed by atoms with Gasteiger partial charge in [0.2, 0.25) is 0 Å². The van der Waals surface area contributed by atoms with Crippen LogP contribution in [0.15, 0.2) is 0 Å². The Bertz CT molecular complexity index is 1090. The lowest BCUT2D eigenvalue weighted by atomic mass is 9.97. The highest BCUT2D eigenvalue weighted by Gasteiger charge is 2.55. The summed E-state index contributed by atoms with van der Waals surface area (Å²) in [5.74, 6) is -5.94. The number of esters is 7. The van der Waals surface area contributed by atoms with Crippen molar-refractivity contribution < 1.29 is 86.0 Å². The van der Waals surface area contributed by atoms with Crippen molar-refractivity contribution in [3.8, 4) is 0 Å². The molecule has 10 atom stereocenters. The Kier molecular flexibility index (Phi) is 13.4. The molecule has 18 heteroatoms. The normalized spacial score (nSPS) is 31.5. The van der Waals surface area contributed by atoms with Gasteiger partial charge in [-0.05, 0) is 0 Å². The first-order chi connectivity index (χ1) is 20.5. The first-order valence-electron chi connectivity index (χ1n) is 13.3. The minimum Gasteiger partial charge on any atom is -0.463 e. The van der Waals surface area contributed by atoms with Crippen LogP contribution in [0.4, 0.5) is 0 Å². The van der Waals surface area contributed by atoms with Gasteiger partial charge in [-0.15, -0.1) is 0 Å². The van der Waals surface area contributed by atoms with Crippen LogP contribution in [0.2, 0.25) is 0 Å². The molecule has 248 valence electrons. The molecule has 0 radical (unpaired) electrons. The standard InChI is InChI=1S/C26H36O18/c1-10(27)35-8-18-20(38-12(3)29)22(40-14(5)31)24(42-16(7)33)26(44-18)36-9-17-19(37-11(2)28)21(39-13(4)30)23(25(34)43-17)41-15(6)32/h17-26,34H,8-9H2,1-7H3/t17-,18-,19-,20+,21+,22+,23-,24-,25-,26+/m1/s1. The zero-order chi connectivity index (χ0) is 33.3. The molecule has 0 aromatic heterocycles. The molecule has 0 amide bonds. The molecule has 44 heavy (non-hydrogen) atoms. The van der Waals surface area contributed by atoms with Crippen molar-refractivity contribution in [2.75, 3.05) is 13.2 Å². The van der Waals surface area contributed by atoms with E-state index in [0.717, 1.165) is 48.5 Å². The Hall–Kier alpha value is -3.87. The van der Waals surface area contributed by atoms with Crippen LogP contribution in [0.25, 0.3) is 0 Å². The molecule has 2 aliphatic heterocycles. The van der Waals surface area contributed by atoms with E-state index < -0.39 is 116 Å². The van der Waals surface area contributed by atoms with E-state index in [1.165, 1.54) is 0 Å². The van der Waals surface area contributed by atoms with E-state index in [1.54, 1.807) is 0 Å². The molecule has 2 heterocycles. The van der Waals surface area contributed by atoms with Gasteiger partial charge in [0.15, 0.2) is 49.2 Å². The summed E-state index contributed by atoms with van der Waals surface area (Å²) < 4.78 is 53.7. The Morgan fingerprint density at radius 1 is 0.477 bits per heavy atom. The summed E-state index contributed by atoms with van der Waals surface area (Å²) in [6, 6.07) is 0. The zero-order valence-electron chi connectivity index (χ0n) is 25.1. The predicted octanol–water partition coefficient (Wildman–Crippen LogP) is -1.40. The van der Waals surface area contributed by atoms with Crippen molar-refractivity contribution in [2.45, 2.75) is 110 Å². The van der Waals surface area contributed by atoms with Crippen molar-refractivity contribution in [1.29, 1.82) is 0 Å². The molecule has 0 unspecified atom stereocenters. The first kappa shape index (κ1) is 36.3. The first-order valence-corrected chi connectivity index (χ1v) is 13.3. The molecule has 0 aromatic carbocycles. The van der Waals surface area contributed by atoms with Gasteiger partial charge in [-0.2, -0.15) is 0 Å². The highest BCUT2D eigenvalue weighted by atomic mass is 16.7.